The Hall–Kier alpha value is -1.56. The quantitative estimate of drug-likeness (QED) is 0.502. The lowest BCUT2D eigenvalue weighted by Crippen LogP contribution is -1.80. The van der Waals surface area contributed by atoms with Gasteiger partial charge in [0, 0.05) is 0 Å². The van der Waals surface area contributed by atoms with E-state index in [2.05, 4.69) is 24.3 Å². The monoisotopic (exact) mass is 153 g/mol. The molecule has 0 saturated carbocycles. The zero-order chi connectivity index (χ0) is 8.23. The minimum atomic E-state index is 1.14. The summed E-state index contributed by atoms with van der Waals surface area (Å²) >= 11 is 0. The molecule has 0 aliphatic heterocycles. The second-order valence-electron chi connectivity index (χ2n) is 2.64. The maximum Gasteiger partial charge on any atom is -0.00992 e. The van der Waals surface area contributed by atoms with Crippen molar-refractivity contribution in [3.8, 4) is 0 Å². The van der Waals surface area contributed by atoms with Gasteiger partial charge in [0.25, 0.3) is 0 Å². The number of fused-ring (bicyclic) bond motifs is 1. The zero-order valence-corrected chi connectivity index (χ0v) is 6.70. The van der Waals surface area contributed by atoms with E-state index in [-0.39, 0.29) is 0 Å². The molecule has 0 heteroatoms. The first kappa shape index (κ1) is 7.11. The number of hydrogen-bond donors (Lipinski definition) is 0. The van der Waals surface area contributed by atoms with Gasteiger partial charge in [0.2, 0.25) is 0 Å². The molecule has 57 valence electrons. The second-order valence-corrected chi connectivity index (χ2v) is 2.64. The Morgan fingerprint density at radius 1 is 0.833 bits per heavy atom. The molecular weight excluding hydrogens is 144 g/mol. The van der Waals surface area contributed by atoms with Crippen molar-refractivity contribution in [2.45, 2.75) is 0 Å². The van der Waals surface area contributed by atoms with Crippen LogP contribution in [0.3, 0.4) is 0 Å². The molecular formula is C12H9. The Labute approximate surface area is 72.6 Å². The average molecular weight is 153 g/mol. The van der Waals surface area contributed by atoms with Gasteiger partial charge in [-0.25, -0.2) is 0 Å². The lowest BCUT2D eigenvalue weighted by Gasteiger charge is -1.97. The fourth-order valence-electron chi connectivity index (χ4n) is 1.19. The predicted octanol–water partition coefficient (Wildman–Crippen LogP) is 2.89. The van der Waals surface area contributed by atoms with Crippen molar-refractivity contribution in [2.75, 3.05) is 0 Å². The van der Waals surface area contributed by atoms with Crippen molar-refractivity contribution >= 4 is 0 Å². The molecule has 12 heavy (non-hydrogen) atoms. The molecule has 2 rings (SSSR count). The highest BCUT2D eigenvalue weighted by molar-refractivity contribution is 5.51. The van der Waals surface area contributed by atoms with E-state index in [0.717, 1.165) is 5.57 Å². The van der Waals surface area contributed by atoms with Gasteiger partial charge in [-0.2, -0.15) is 0 Å². The van der Waals surface area contributed by atoms with Crippen molar-refractivity contribution in [3.05, 3.63) is 71.9 Å². The first-order chi connectivity index (χ1) is 5.97. The summed E-state index contributed by atoms with van der Waals surface area (Å²) in [7, 11) is 0. The summed E-state index contributed by atoms with van der Waals surface area (Å²) in [5.74, 6) is 0. The fourth-order valence-corrected chi connectivity index (χ4v) is 1.19. The molecule has 0 heterocycles. The largest absolute Gasteiger partial charge is 0.0622 e. The maximum absolute atomic E-state index is 3.20. The van der Waals surface area contributed by atoms with Gasteiger partial charge in [0.1, 0.15) is 0 Å². The van der Waals surface area contributed by atoms with Gasteiger partial charge in [-0.05, 0) is 17.2 Å². The Kier molecular flexibility index (Phi) is 1.91. The number of rotatable bonds is 0. The Morgan fingerprint density at radius 3 is 2.75 bits per heavy atom. The number of hydrogen-bond acceptors (Lipinski definition) is 0. The van der Waals surface area contributed by atoms with Crippen molar-refractivity contribution in [2.24, 2.45) is 0 Å². The van der Waals surface area contributed by atoms with Crippen LogP contribution in [0.25, 0.3) is 0 Å². The zero-order valence-electron chi connectivity index (χ0n) is 6.70. The van der Waals surface area contributed by atoms with Crippen molar-refractivity contribution in [3.63, 3.8) is 0 Å². The highest BCUT2D eigenvalue weighted by atomic mass is 14.0. The van der Waals surface area contributed by atoms with Crippen LogP contribution in [0.1, 0.15) is 0 Å². The van der Waals surface area contributed by atoms with E-state index in [1.54, 1.807) is 0 Å². The molecule has 0 spiro atoms. The summed E-state index contributed by atoms with van der Waals surface area (Å²) in [6.07, 6.45) is 21.5. The van der Waals surface area contributed by atoms with Gasteiger partial charge in [0.15, 0.2) is 0 Å². The van der Waals surface area contributed by atoms with Crippen LogP contribution in [0, 0.1) is 6.08 Å². The van der Waals surface area contributed by atoms with E-state index in [1.807, 2.05) is 36.5 Å². The highest BCUT2D eigenvalue weighted by Gasteiger charge is 1.99. The molecule has 0 atom stereocenters. The van der Waals surface area contributed by atoms with Crippen LogP contribution in [0.5, 0.6) is 0 Å². The molecule has 1 radical (unpaired) electrons. The van der Waals surface area contributed by atoms with Crippen LogP contribution in [0.2, 0.25) is 0 Å². The summed E-state index contributed by atoms with van der Waals surface area (Å²) < 4.78 is 0. The molecule has 0 nitrogen and oxygen atoms in total. The van der Waals surface area contributed by atoms with Crippen LogP contribution in [-0.2, 0) is 0 Å². The summed E-state index contributed by atoms with van der Waals surface area (Å²) in [5.41, 5.74) is 2.36. The van der Waals surface area contributed by atoms with Crippen LogP contribution >= 0.6 is 0 Å². The molecule has 0 fully saturated rings. The third-order valence-corrected chi connectivity index (χ3v) is 1.79. The Morgan fingerprint density at radius 2 is 1.75 bits per heavy atom. The normalized spacial score (nSPS) is 19.3. The fraction of sp³-hybridized carbons (Fsp3) is 0. The molecule has 0 N–H and O–H groups in total. The maximum atomic E-state index is 3.20. The van der Waals surface area contributed by atoms with Gasteiger partial charge in [-0.1, -0.05) is 54.7 Å². The van der Waals surface area contributed by atoms with E-state index in [9.17, 15) is 0 Å². The van der Waals surface area contributed by atoms with E-state index in [1.165, 1.54) is 5.57 Å². The lowest BCUT2D eigenvalue weighted by atomic mass is 10.1. The highest BCUT2D eigenvalue weighted by Crippen LogP contribution is 2.17. The lowest BCUT2D eigenvalue weighted by molar-refractivity contribution is 1.54. The van der Waals surface area contributed by atoms with Gasteiger partial charge >= 0.3 is 0 Å². The van der Waals surface area contributed by atoms with Gasteiger partial charge in [0.05, 0.1) is 0 Å². The van der Waals surface area contributed by atoms with E-state index in [0.29, 0.717) is 0 Å². The minimum absolute atomic E-state index is 1.14. The van der Waals surface area contributed by atoms with Crippen LogP contribution in [-0.4, -0.2) is 0 Å². The van der Waals surface area contributed by atoms with Crippen LogP contribution in [0.4, 0.5) is 0 Å². The molecule has 0 aromatic carbocycles. The van der Waals surface area contributed by atoms with Crippen molar-refractivity contribution in [1.29, 1.82) is 0 Å². The molecule has 2 aliphatic carbocycles. The van der Waals surface area contributed by atoms with E-state index < -0.39 is 0 Å². The molecule has 2 aliphatic rings. The number of allylic oxidation sites excluding steroid dienone is 12. The predicted molar refractivity (Wildman–Crippen MR) is 51.4 cm³/mol. The Balaban J connectivity index is 2.49. The summed E-state index contributed by atoms with van der Waals surface area (Å²) in [6, 6.07) is 0. The van der Waals surface area contributed by atoms with Crippen molar-refractivity contribution < 1.29 is 0 Å². The molecule has 0 amide bonds. The van der Waals surface area contributed by atoms with Crippen molar-refractivity contribution in [1.82, 2.24) is 0 Å². The molecule has 0 aromatic rings. The van der Waals surface area contributed by atoms with Gasteiger partial charge in [-0.15, -0.1) is 0 Å². The van der Waals surface area contributed by atoms with Crippen LogP contribution in [0.15, 0.2) is 65.8 Å². The molecule has 0 aromatic heterocycles. The topological polar surface area (TPSA) is 0 Å². The van der Waals surface area contributed by atoms with E-state index in [4.69, 9.17) is 0 Å². The Bertz CT molecular complexity index is 308. The van der Waals surface area contributed by atoms with Gasteiger partial charge in [-0.3, -0.25) is 0 Å². The second kappa shape index (κ2) is 3.22. The molecule has 0 bridgehead atoms. The third-order valence-electron chi connectivity index (χ3n) is 1.79. The van der Waals surface area contributed by atoms with Crippen LogP contribution < -0.4 is 0 Å². The third kappa shape index (κ3) is 1.37. The first-order valence-electron chi connectivity index (χ1n) is 3.99. The van der Waals surface area contributed by atoms with Gasteiger partial charge < -0.3 is 0 Å². The minimum Gasteiger partial charge on any atom is -0.0622 e. The molecule has 0 saturated heterocycles. The summed E-state index contributed by atoms with van der Waals surface area (Å²) in [5, 5.41) is 0. The smallest absolute Gasteiger partial charge is 0.00992 e. The average Bonchev–Trinajstić information content (AvgIpc) is 2.38. The summed E-state index contributed by atoms with van der Waals surface area (Å²) in [4.78, 5) is 0. The SMILES string of the molecule is [C]1=CC=CC=C2C=CC=CC=C12. The summed E-state index contributed by atoms with van der Waals surface area (Å²) in [6.45, 7) is 0. The first-order valence-corrected chi connectivity index (χ1v) is 3.99. The molecule has 0 unspecified atom stereocenters. The standard InChI is InChI=1S/C12H9/c1-3-7-11-9-5-2-6-10-12(11)8-4-1/h1-9H. The van der Waals surface area contributed by atoms with E-state index >= 15 is 0 Å².